The Bertz CT molecular complexity index is 1130. The highest BCUT2D eigenvalue weighted by Crippen LogP contribution is 2.43. The number of fused-ring (bicyclic) bond motifs is 1. The Morgan fingerprint density at radius 3 is 2.34 bits per heavy atom. The van der Waals surface area contributed by atoms with E-state index in [2.05, 4.69) is 0 Å². The van der Waals surface area contributed by atoms with E-state index in [0.717, 1.165) is 56.4 Å². The van der Waals surface area contributed by atoms with Crippen molar-refractivity contribution in [2.75, 3.05) is 6.54 Å². The third-order valence-electron chi connectivity index (χ3n) is 7.82. The molecular formula is C27H32F3N3O2. The summed E-state index contributed by atoms with van der Waals surface area (Å²) in [6.45, 7) is 4.69. The number of alkyl halides is 3. The summed E-state index contributed by atoms with van der Waals surface area (Å²) in [7, 11) is 0. The van der Waals surface area contributed by atoms with Crippen molar-refractivity contribution in [1.82, 2.24) is 14.7 Å². The highest BCUT2D eigenvalue weighted by molar-refractivity contribution is 6.00. The molecule has 1 aromatic heterocycles. The standard InChI is InChI=1S/C27H32F3N3O2/c1-26(2)15-21-23(22(34)16-26)24(31-33(21)19-12-10-18(11-13-19)27(28,29)30)20-9-6-14-32(20)25(35)17-7-4-3-5-8-17/h10-13,17,20H,3-9,14-16H2,1-2H3/t20-/m0/s1. The van der Waals surface area contributed by atoms with Gasteiger partial charge in [-0.05, 0) is 61.8 Å². The summed E-state index contributed by atoms with van der Waals surface area (Å²) < 4.78 is 41.0. The van der Waals surface area contributed by atoms with E-state index in [9.17, 15) is 22.8 Å². The van der Waals surface area contributed by atoms with Crippen LogP contribution in [0.2, 0.25) is 0 Å². The highest BCUT2D eigenvalue weighted by atomic mass is 19.4. The van der Waals surface area contributed by atoms with Crippen molar-refractivity contribution in [3.8, 4) is 5.69 Å². The van der Waals surface area contributed by atoms with Gasteiger partial charge in [0.05, 0.1) is 34.2 Å². The van der Waals surface area contributed by atoms with E-state index >= 15 is 0 Å². The van der Waals surface area contributed by atoms with Crippen molar-refractivity contribution in [1.29, 1.82) is 0 Å². The number of carbonyl (C=O) groups is 2. The van der Waals surface area contributed by atoms with E-state index in [1.54, 1.807) is 4.68 Å². The number of Topliss-reactive ketones (excluding diaryl/α,β-unsaturated/α-hetero) is 1. The van der Waals surface area contributed by atoms with Crippen molar-refractivity contribution >= 4 is 11.7 Å². The minimum absolute atomic E-state index is 0.00128. The van der Waals surface area contributed by atoms with E-state index in [-0.39, 0.29) is 29.1 Å². The SMILES string of the molecule is CC1(C)CC(=O)c2c([C@@H]3CCCN3C(=O)C3CCCCC3)nn(-c3ccc(C(F)(F)F)cc3)c2C1. The molecule has 1 aromatic carbocycles. The number of rotatable bonds is 3. The number of halogens is 3. The van der Waals surface area contributed by atoms with Crippen molar-refractivity contribution < 1.29 is 22.8 Å². The molecule has 1 amide bonds. The molecular weight excluding hydrogens is 455 g/mol. The molecule has 1 saturated carbocycles. The molecule has 2 heterocycles. The van der Waals surface area contributed by atoms with Gasteiger partial charge >= 0.3 is 6.18 Å². The maximum Gasteiger partial charge on any atom is 0.416 e. The largest absolute Gasteiger partial charge is 0.416 e. The monoisotopic (exact) mass is 487 g/mol. The topological polar surface area (TPSA) is 55.2 Å². The first-order chi connectivity index (χ1) is 16.5. The van der Waals surface area contributed by atoms with Crippen LogP contribution in [0.4, 0.5) is 13.2 Å². The van der Waals surface area contributed by atoms with E-state index < -0.39 is 11.7 Å². The van der Waals surface area contributed by atoms with Gasteiger partial charge in [0.15, 0.2) is 5.78 Å². The average molecular weight is 488 g/mol. The van der Waals surface area contributed by atoms with Crippen molar-refractivity contribution in [3.63, 3.8) is 0 Å². The van der Waals surface area contributed by atoms with Crippen molar-refractivity contribution in [2.45, 2.75) is 83.9 Å². The Balaban J connectivity index is 1.56. The van der Waals surface area contributed by atoms with Crippen LogP contribution in [0.3, 0.4) is 0 Å². The lowest BCUT2D eigenvalue weighted by Gasteiger charge is -2.32. The van der Waals surface area contributed by atoms with Crippen molar-refractivity contribution in [3.05, 3.63) is 46.8 Å². The smallest absolute Gasteiger partial charge is 0.334 e. The molecule has 35 heavy (non-hydrogen) atoms. The van der Waals surface area contributed by atoms with Gasteiger partial charge in [-0.25, -0.2) is 4.68 Å². The molecule has 2 fully saturated rings. The van der Waals surface area contributed by atoms with Crippen LogP contribution in [-0.2, 0) is 17.4 Å². The van der Waals surface area contributed by atoms with Gasteiger partial charge in [-0.3, -0.25) is 9.59 Å². The quantitative estimate of drug-likeness (QED) is 0.511. The zero-order valence-corrected chi connectivity index (χ0v) is 20.3. The zero-order chi connectivity index (χ0) is 25.0. The summed E-state index contributed by atoms with van der Waals surface area (Å²) >= 11 is 0. The van der Waals surface area contributed by atoms with E-state index in [0.29, 0.717) is 36.3 Å². The molecule has 2 aromatic rings. The Morgan fingerprint density at radius 1 is 1.00 bits per heavy atom. The first-order valence-corrected chi connectivity index (χ1v) is 12.7. The normalized spacial score (nSPS) is 22.9. The fourth-order valence-electron chi connectivity index (χ4n) is 6.11. The molecule has 1 saturated heterocycles. The molecule has 188 valence electrons. The second kappa shape index (κ2) is 8.79. The number of likely N-dealkylation sites (tertiary alicyclic amines) is 1. The van der Waals surface area contributed by atoms with Gasteiger partial charge in [0.2, 0.25) is 5.91 Å². The zero-order valence-electron chi connectivity index (χ0n) is 20.3. The van der Waals surface area contributed by atoms with E-state index in [1.165, 1.54) is 18.6 Å². The molecule has 8 heteroatoms. The molecule has 1 atom stereocenters. The Morgan fingerprint density at radius 2 is 1.69 bits per heavy atom. The predicted octanol–water partition coefficient (Wildman–Crippen LogP) is 6.29. The lowest BCUT2D eigenvalue weighted by Crippen LogP contribution is -2.37. The van der Waals surface area contributed by atoms with Crippen LogP contribution >= 0.6 is 0 Å². The maximum atomic E-state index is 13.4. The summed E-state index contributed by atoms with van der Waals surface area (Å²) in [6.07, 6.45) is 3.27. The van der Waals surface area contributed by atoms with Gasteiger partial charge in [0.1, 0.15) is 0 Å². The minimum Gasteiger partial charge on any atom is -0.334 e. The number of carbonyl (C=O) groups excluding carboxylic acids is 2. The Kier molecular flexibility index (Phi) is 6.04. The van der Waals surface area contributed by atoms with Gasteiger partial charge in [0, 0.05) is 18.9 Å². The van der Waals surface area contributed by atoms with Crippen LogP contribution in [0.25, 0.3) is 5.69 Å². The summed E-state index contributed by atoms with van der Waals surface area (Å²) in [5.41, 5.74) is 1.41. The molecule has 0 radical (unpaired) electrons. The molecule has 0 bridgehead atoms. The fourth-order valence-corrected chi connectivity index (χ4v) is 6.11. The summed E-state index contributed by atoms with van der Waals surface area (Å²) in [4.78, 5) is 28.7. The van der Waals surface area contributed by atoms with E-state index in [4.69, 9.17) is 5.10 Å². The second-order valence-electron chi connectivity index (χ2n) is 11.1. The van der Waals surface area contributed by atoms with Gasteiger partial charge in [-0.2, -0.15) is 18.3 Å². The summed E-state index contributed by atoms with van der Waals surface area (Å²) in [5.74, 6) is 0.196. The lowest BCUT2D eigenvalue weighted by atomic mass is 9.75. The van der Waals surface area contributed by atoms with Gasteiger partial charge in [-0.15, -0.1) is 0 Å². The highest BCUT2D eigenvalue weighted by Gasteiger charge is 2.42. The third kappa shape index (κ3) is 4.52. The van der Waals surface area contributed by atoms with Crippen LogP contribution in [0, 0.1) is 11.3 Å². The summed E-state index contributed by atoms with van der Waals surface area (Å²) in [6, 6.07) is 4.65. The van der Waals surface area contributed by atoms with Gasteiger partial charge < -0.3 is 4.90 Å². The van der Waals surface area contributed by atoms with Crippen LogP contribution in [0.1, 0.15) is 98.6 Å². The number of nitrogens with zero attached hydrogens (tertiary/aromatic N) is 3. The van der Waals surface area contributed by atoms with Crippen LogP contribution in [0.15, 0.2) is 24.3 Å². The number of aromatic nitrogens is 2. The molecule has 2 aliphatic carbocycles. The maximum absolute atomic E-state index is 13.4. The lowest BCUT2D eigenvalue weighted by molar-refractivity contribution is -0.138. The number of amides is 1. The van der Waals surface area contributed by atoms with Crippen LogP contribution in [-0.4, -0.2) is 32.9 Å². The molecule has 0 N–H and O–H groups in total. The third-order valence-corrected chi connectivity index (χ3v) is 7.82. The van der Waals surface area contributed by atoms with Gasteiger partial charge in [0.25, 0.3) is 0 Å². The summed E-state index contributed by atoms with van der Waals surface area (Å²) in [5, 5.41) is 4.85. The predicted molar refractivity (Wildman–Crippen MR) is 125 cm³/mol. The molecule has 5 nitrogen and oxygen atoms in total. The molecule has 1 aliphatic heterocycles. The number of benzene rings is 1. The number of ketones is 1. The number of hydrogen-bond acceptors (Lipinski definition) is 3. The first kappa shape index (κ1) is 24.1. The Hall–Kier alpha value is -2.64. The minimum atomic E-state index is -4.42. The number of hydrogen-bond donors (Lipinski definition) is 0. The second-order valence-corrected chi connectivity index (χ2v) is 11.1. The fraction of sp³-hybridized carbons (Fsp3) is 0.593. The van der Waals surface area contributed by atoms with Crippen LogP contribution < -0.4 is 0 Å². The van der Waals surface area contributed by atoms with E-state index in [1.807, 2.05) is 18.7 Å². The molecule has 0 unspecified atom stereocenters. The molecule has 0 spiro atoms. The molecule has 5 rings (SSSR count). The van der Waals surface area contributed by atoms with Crippen LogP contribution in [0.5, 0.6) is 0 Å². The average Bonchev–Trinajstić information content (AvgIpc) is 3.43. The Labute approximate surface area is 203 Å². The first-order valence-electron chi connectivity index (χ1n) is 12.7. The molecule has 3 aliphatic rings. The van der Waals surface area contributed by atoms with Gasteiger partial charge in [-0.1, -0.05) is 33.1 Å². The van der Waals surface area contributed by atoms with Crippen molar-refractivity contribution in [2.24, 2.45) is 11.3 Å².